The Morgan fingerprint density at radius 1 is 1.14 bits per heavy atom. The molecule has 0 bridgehead atoms. The first-order valence-electron chi connectivity index (χ1n) is 8.44. The number of benzene rings is 2. The van der Waals surface area contributed by atoms with Crippen LogP contribution in [-0.2, 0) is 16.0 Å². The van der Waals surface area contributed by atoms with Crippen molar-refractivity contribution in [2.75, 3.05) is 13.7 Å². The molecule has 1 N–H and O–H groups in total. The molecule has 0 aliphatic rings. The Kier molecular flexibility index (Phi) is 9.02. The number of hydrogen-bond acceptors (Lipinski definition) is 4. The standard InChI is InChI=1S/C21H19Br2NO3S/c1-27-19-4-2-3-14(9-19)10-21(26)24-13-20(28)12-18(25)6-5-15-7-16(22)11-17(23)8-15/h2-9,11H,10,12-13H2,1H3,(H,24,26)/b6-5+. The van der Waals surface area contributed by atoms with Gasteiger partial charge >= 0.3 is 0 Å². The Balaban J connectivity index is 1.78. The van der Waals surface area contributed by atoms with Crippen LogP contribution in [0.1, 0.15) is 17.5 Å². The van der Waals surface area contributed by atoms with Crippen LogP contribution >= 0.6 is 44.1 Å². The molecule has 0 atom stereocenters. The molecule has 7 heteroatoms. The summed E-state index contributed by atoms with van der Waals surface area (Å²) in [6.07, 6.45) is 3.58. The average Bonchev–Trinajstić information content (AvgIpc) is 2.64. The number of amides is 1. The van der Waals surface area contributed by atoms with E-state index >= 15 is 0 Å². The minimum absolute atomic E-state index is 0.108. The van der Waals surface area contributed by atoms with E-state index in [-0.39, 0.29) is 31.1 Å². The topological polar surface area (TPSA) is 55.4 Å². The summed E-state index contributed by atoms with van der Waals surface area (Å²) in [6, 6.07) is 13.1. The first-order chi connectivity index (χ1) is 13.4. The normalized spacial score (nSPS) is 10.7. The van der Waals surface area contributed by atoms with Crippen molar-refractivity contribution >= 4 is 66.7 Å². The fraction of sp³-hybridized carbons (Fsp3) is 0.190. The highest BCUT2D eigenvalue weighted by Gasteiger charge is 2.08. The number of allylic oxidation sites excluding steroid dienone is 1. The first kappa shape index (κ1) is 22.5. The van der Waals surface area contributed by atoms with Crippen LogP contribution in [0.4, 0.5) is 0 Å². The molecule has 2 aromatic rings. The van der Waals surface area contributed by atoms with Crippen LogP contribution in [0.25, 0.3) is 6.08 Å². The van der Waals surface area contributed by atoms with Gasteiger partial charge in [-0.05, 0) is 47.5 Å². The van der Waals surface area contributed by atoms with Gasteiger partial charge in [0.1, 0.15) is 5.75 Å². The number of thiocarbonyl (C=S) groups is 1. The minimum atomic E-state index is -0.155. The van der Waals surface area contributed by atoms with Crippen molar-refractivity contribution in [2.24, 2.45) is 0 Å². The van der Waals surface area contributed by atoms with Gasteiger partial charge in [-0.15, -0.1) is 0 Å². The number of rotatable bonds is 9. The maximum atomic E-state index is 12.1. The molecule has 4 nitrogen and oxygen atoms in total. The molecule has 0 aliphatic carbocycles. The minimum Gasteiger partial charge on any atom is -0.497 e. The Hall–Kier alpha value is -1.83. The quantitative estimate of drug-likeness (QED) is 0.373. The summed E-state index contributed by atoms with van der Waals surface area (Å²) < 4.78 is 6.98. The summed E-state index contributed by atoms with van der Waals surface area (Å²) in [4.78, 5) is 24.6. The van der Waals surface area contributed by atoms with E-state index in [0.717, 1.165) is 20.1 Å². The zero-order chi connectivity index (χ0) is 20.5. The predicted molar refractivity (Wildman–Crippen MR) is 123 cm³/mol. The molecular weight excluding hydrogens is 506 g/mol. The second-order valence-corrected chi connectivity index (χ2v) is 8.43. The maximum absolute atomic E-state index is 12.1. The van der Waals surface area contributed by atoms with Gasteiger partial charge in [0.2, 0.25) is 5.91 Å². The van der Waals surface area contributed by atoms with Crippen molar-refractivity contribution in [1.29, 1.82) is 0 Å². The lowest BCUT2D eigenvalue weighted by Crippen LogP contribution is -2.30. The van der Waals surface area contributed by atoms with Crippen molar-refractivity contribution in [3.8, 4) is 5.75 Å². The first-order valence-corrected chi connectivity index (χ1v) is 10.4. The summed E-state index contributed by atoms with van der Waals surface area (Å²) in [6.45, 7) is 0.195. The van der Waals surface area contributed by atoms with Crippen molar-refractivity contribution < 1.29 is 14.3 Å². The molecule has 2 rings (SSSR count). The number of carbonyl (C=O) groups is 2. The molecule has 146 valence electrons. The largest absolute Gasteiger partial charge is 0.497 e. The molecule has 0 radical (unpaired) electrons. The number of ether oxygens (including phenoxy) is 1. The van der Waals surface area contributed by atoms with E-state index in [0.29, 0.717) is 10.6 Å². The number of hydrogen-bond donors (Lipinski definition) is 1. The summed E-state index contributed by atoms with van der Waals surface area (Å²) >= 11 is 12.0. The van der Waals surface area contributed by atoms with E-state index in [1.54, 1.807) is 13.2 Å². The molecule has 0 unspecified atom stereocenters. The molecule has 2 aromatic carbocycles. The predicted octanol–water partition coefficient (Wildman–Crippen LogP) is 4.92. The third kappa shape index (κ3) is 8.04. The van der Waals surface area contributed by atoms with Gasteiger partial charge in [0.05, 0.1) is 13.5 Å². The number of nitrogens with one attached hydrogen (secondary N) is 1. The monoisotopic (exact) mass is 523 g/mol. The van der Waals surface area contributed by atoms with Gasteiger partial charge in [-0.1, -0.05) is 62.3 Å². The Bertz CT molecular complexity index is 892. The Morgan fingerprint density at radius 2 is 1.86 bits per heavy atom. The van der Waals surface area contributed by atoms with Crippen molar-refractivity contribution in [3.63, 3.8) is 0 Å². The van der Waals surface area contributed by atoms with Crippen LogP contribution in [0.2, 0.25) is 0 Å². The van der Waals surface area contributed by atoms with Gasteiger partial charge in [0.15, 0.2) is 5.78 Å². The van der Waals surface area contributed by atoms with E-state index in [9.17, 15) is 9.59 Å². The lowest BCUT2D eigenvalue weighted by molar-refractivity contribution is -0.120. The van der Waals surface area contributed by atoms with Crippen molar-refractivity contribution in [1.82, 2.24) is 5.32 Å². The number of ketones is 1. The van der Waals surface area contributed by atoms with E-state index in [4.69, 9.17) is 17.0 Å². The highest BCUT2D eigenvalue weighted by Crippen LogP contribution is 2.21. The highest BCUT2D eigenvalue weighted by molar-refractivity contribution is 9.11. The molecule has 0 heterocycles. The SMILES string of the molecule is COc1cccc(CC(=O)NCC(=S)CC(=O)/C=C/c2cc(Br)cc(Br)c2)c1. The fourth-order valence-electron chi connectivity index (χ4n) is 2.40. The Labute approximate surface area is 186 Å². The number of halogens is 2. The number of carbonyl (C=O) groups excluding carboxylic acids is 2. The van der Waals surface area contributed by atoms with E-state index in [1.165, 1.54) is 6.08 Å². The summed E-state index contributed by atoms with van der Waals surface area (Å²) in [7, 11) is 1.58. The zero-order valence-corrected chi connectivity index (χ0v) is 19.2. The highest BCUT2D eigenvalue weighted by atomic mass is 79.9. The summed E-state index contributed by atoms with van der Waals surface area (Å²) in [5, 5.41) is 2.75. The van der Waals surface area contributed by atoms with Crippen LogP contribution in [0.5, 0.6) is 5.75 Å². The molecule has 0 saturated carbocycles. The third-order valence-corrected chi connectivity index (χ3v) is 4.90. The molecule has 0 spiro atoms. The molecule has 1 amide bonds. The van der Waals surface area contributed by atoms with Gasteiger partial charge in [-0.2, -0.15) is 0 Å². The van der Waals surface area contributed by atoms with E-state index in [1.807, 2.05) is 42.5 Å². The fourth-order valence-corrected chi connectivity index (χ4v) is 3.95. The van der Waals surface area contributed by atoms with Crippen LogP contribution in [0, 0.1) is 0 Å². The zero-order valence-electron chi connectivity index (χ0n) is 15.2. The van der Waals surface area contributed by atoms with Crippen molar-refractivity contribution in [3.05, 3.63) is 68.6 Å². The van der Waals surface area contributed by atoms with E-state index < -0.39 is 0 Å². The second kappa shape index (κ2) is 11.2. The van der Waals surface area contributed by atoms with Gasteiger partial charge in [-0.3, -0.25) is 9.59 Å². The molecule has 0 aliphatic heterocycles. The van der Waals surface area contributed by atoms with Gasteiger partial charge in [0, 0.05) is 26.8 Å². The molecule has 0 fully saturated rings. The second-order valence-electron chi connectivity index (χ2n) is 6.02. The maximum Gasteiger partial charge on any atom is 0.224 e. The van der Waals surface area contributed by atoms with Crippen LogP contribution in [0.3, 0.4) is 0 Å². The summed E-state index contributed by atoms with van der Waals surface area (Å²) in [5.41, 5.74) is 1.74. The van der Waals surface area contributed by atoms with Gasteiger partial charge in [-0.25, -0.2) is 0 Å². The van der Waals surface area contributed by atoms with Crippen LogP contribution < -0.4 is 10.1 Å². The van der Waals surface area contributed by atoms with E-state index in [2.05, 4.69) is 37.2 Å². The van der Waals surface area contributed by atoms with Crippen LogP contribution in [0.15, 0.2) is 57.5 Å². The number of methoxy groups -OCH3 is 1. The molecule has 28 heavy (non-hydrogen) atoms. The molecule has 0 saturated heterocycles. The average molecular weight is 525 g/mol. The summed E-state index contributed by atoms with van der Waals surface area (Å²) in [5.74, 6) is 0.441. The molecule has 0 aromatic heterocycles. The molecular formula is C21H19Br2NO3S. The third-order valence-electron chi connectivity index (χ3n) is 3.70. The van der Waals surface area contributed by atoms with Gasteiger partial charge in [0.25, 0.3) is 0 Å². The van der Waals surface area contributed by atoms with Crippen LogP contribution in [-0.4, -0.2) is 30.2 Å². The smallest absolute Gasteiger partial charge is 0.224 e. The lowest BCUT2D eigenvalue weighted by Gasteiger charge is -2.07. The van der Waals surface area contributed by atoms with Gasteiger partial charge < -0.3 is 10.1 Å². The Morgan fingerprint density at radius 3 is 2.54 bits per heavy atom. The van der Waals surface area contributed by atoms with Crippen molar-refractivity contribution in [2.45, 2.75) is 12.8 Å². The lowest BCUT2D eigenvalue weighted by atomic mass is 10.1.